The van der Waals surface area contributed by atoms with Gasteiger partial charge in [-0.15, -0.1) is 0 Å². The van der Waals surface area contributed by atoms with Crippen molar-refractivity contribution in [2.75, 3.05) is 0 Å². The maximum absolute atomic E-state index is 13.0. The lowest BCUT2D eigenvalue weighted by Crippen LogP contribution is -2.10. The highest BCUT2D eigenvalue weighted by atomic mass is 19.4. The lowest BCUT2D eigenvalue weighted by atomic mass is 9.93. The van der Waals surface area contributed by atoms with Gasteiger partial charge in [0.15, 0.2) is 0 Å². The predicted octanol–water partition coefficient (Wildman–Crippen LogP) is 4.85. The number of benzene rings is 2. The van der Waals surface area contributed by atoms with E-state index >= 15 is 0 Å². The van der Waals surface area contributed by atoms with Gasteiger partial charge in [-0.3, -0.25) is 0 Å². The molecule has 0 atom stereocenters. The molecule has 0 spiro atoms. The SMILES string of the molecule is NCc1cc(C(F)(F)F)ccc1-c1ccccc1C(F)(F)F. The van der Waals surface area contributed by atoms with E-state index in [1.807, 2.05) is 0 Å². The van der Waals surface area contributed by atoms with Crippen LogP contribution in [0.25, 0.3) is 11.1 Å². The summed E-state index contributed by atoms with van der Waals surface area (Å²) in [5.41, 5.74) is 3.42. The molecular weight excluding hydrogens is 308 g/mol. The van der Waals surface area contributed by atoms with E-state index in [1.165, 1.54) is 18.2 Å². The number of hydrogen-bond acceptors (Lipinski definition) is 1. The van der Waals surface area contributed by atoms with Crippen LogP contribution in [0.4, 0.5) is 26.3 Å². The normalized spacial score (nSPS) is 12.5. The molecule has 2 N–H and O–H groups in total. The van der Waals surface area contributed by atoms with Gasteiger partial charge in [0.2, 0.25) is 0 Å². The molecule has 2 rings (SSSR count). The zero-order valence-corrected chi connectivity index (χ0v) is 11.1. The second-order valence-corrected chi connectivity index (χ2v) is 4.62. The number of nitrogens with two attached hydrogens (primary N) is 1. The van der Waals surface area contributed by atoms with Crippen molar-refractivity contribution in [2.45, 2.75) is 18.9 Å². The first-order chi connectivity index (χ1) is 10.1. The number of halogens is 6. The molecule has 2 aromatic rings. The summed E-state index contributed by atoms with van der Waals surface area (Å²) in [5, 5.41) is 0. The van der Waals surface area contributed by atoms with Gasteiger partial charge in [0, 0.05) is 6.54 Å². The fourth-order valence-corrected chi connectivity index (χ4v) is 2.17. The van der Waals surface area contributed by atoms with Gasteiger partial charge in [0.25, 0.3) is 0 Å². The van der Waals surface area contributed by atoms with E-state index in [0.717, 1.165) is 24.3 Å². The molecule has 0 aliphatic heterocycles. The van der Waals surface area contributed by atoms with Gasteiger partial charge in [-0.1, -0.05) is 24.3 Å². The van der Waals surface area contributed by atoms with Crippen molar-refractivity contribution in [3.63, 3.8) is 0 Å². The molecule has 0 fully saturated rings. The van der Waals surface area contributed by atoms with E-state index in [1.54, 1.807) is 0 Å². The maximum Gasteiger partial charge on any atom is 0.417 e. The highest BCUT2D eigenvalue weighted by Crippen LogP contribution is 2.39. The van der Waals surface area contributed by atoms with Crippen molar-refractivity contribution in [1.82, 2.24) is 0 Å². The van der Waals surface area contributed by atoms with Crippen LogP contribution >= 0.6 is 0 Å². The van der Waals surface area contributed by atoms with Crippen LogP contribution in [0.2, 0.25) is 0 Å². The Kier molecular flexibility index (Phi) is 4.19. The maximum atomic E-state index is 13.0. The summed E-state index contributed by atoms with van der Waals surface area (Å²) in [6, 6.07) is 7.26. The van der Waals surface area contributed by atoms with Crippen LogP contribution in [0.1, 0.15) is 16.7 Å². The van der Waals surface area contributed by atoms with Crippen molar-refractivity contribution < 1.29 is 26.3 Å². The van der Waals surface area contributed by atoms with E-state index in [-0.39, 0.29) is 23.2 Å². The van der Waals surface area contributed by atoms with Crippen LogP contribution in [0.5, 0.6) is 0 Å². The lowest BCUT2D eigenvalue weighted by Gasteiger charge is -2.17. The van der Waals surface area contributed by atoms with Gasteiger partial charge >= 0.3 is 12.4 Å². The Balaban J connectivity index is 2.64. The minimum atomic E-state index is -4.61. The molecule has 1 nitrogen and oxygen atoms in total. The molecule has 0 aliphatic carbocycles. The van der Waals surface area contributed by atoms with E-state index in [9.17, 15) is 26.3 Å². The van der Waals surface area contributed by atoms with Crippen molar-refractivity contribution in [3.05, 3.63) is 59.2 Å². The Morgan fingerprint density at radius 2 is 1.41 bits per heavy atom. The largest absolute Gasteiger partial charge is 0.417 e. The Hall–Kier alpha value is -2.02. The molecule has 0 amide bonds. The first kappa shape index (κ1) is 16.4. The van der Waals surface area contributed by atoms with Crippen LogP contribution in [-0.4, -0.2) is 0 Å². The van der Waals surface area contributed by atoms with E-state index < -0.39 is 23.5 Å². The second-order valence-electron chi connectivity index (χ2n) is 4.62. The standard InChI is InChI=1S/C15H11F6N/c16-14(17,18)10-5-6-11(9(7-10)8-22)12-3-1-2-4-13(12)15(19,20)21/h1-7H,8,22H2. The fourth-order valence-electron chi connectivity index (χ4n) is 2.17. The fraction of sp³-hybridized carbons (Fsp3) is 0.200. The van der Waals surface area contributed by atoms with E-state index in [4.69, 9.17) is 5.73 Å². The molecule has 0 radical (unpaired) electrons. The zero-order valence-electron chi connectivity index (χ0n) is 11.1. The Morgan fingerprint density at radius 3 is 1.95 bits per heavy atom. The van der Waals surface area contributed by atoms with Crippen LogP contribution in [0.3, 0.4) is 0 Å². The average Bonchev–Trinajstić information content (AvgIpc) is 2.44. The highest BCUT2D eigenvalue weighted by molar-refractivity contribution is 5.71. The third-order valence-electron chi connectivity index (χ3n) is 3.18. The summed E-state index contributed by atoms with van der Waals surface area (Å²) in [7, 11) is 0. The van der Waals surface area contributed by atoms with E-state index in [0.29, 0.717) is 0 Å². The summed E-state index contributed by atoms with van der Waals surface area (Å²) in [6.07, 6.45) is -9.18. The third kappa shape index (κ3) is 3.24. The highest BCUT2D eigenvalue weighted by Gasteiger charge is 2.35. The smallest absolute Gasteiger partial charge is 0.326 e. The Morgan fingerprint density at radius 1 is 0.773 bits per heavy atom. The van der Waals surface area contributed by atoms with Gasteiger partial charge in [0.1, 0.15) is 0 Å². The molecular formula is C15H11F6N. The van der Waals surface area contributed by atoms with Crippen molar-refractivity contribution in [3.8, 4) is 11.1 Å². The zero-order chi connectivity index (χ0) is 16.5. The van der Waals surface area contributed by atoms with Crippen LogP contribution in [0, 0.1) is 0 Å². The first-order valence-electron chi connectivity index (χ1n) is 6.21. The number of rotatable bonds is 2. The van der Waals surface area contributed by atoms with Gasteiger partial charge in [-0.05, 0) is 34.9 Å². The molecule has 22 heavy (non-hydrogen) atoms. The van der Waals surface area contributed by atoms with Crippen LogP contribution < -0.4 is 5.73 Å². The summed E-state index contributed by atoms with van der Waals surface area (Å²) >= 11 is 0. The Labute approximate surface area is 122 Å². The van der Waals surface area contributed by atoms with Gasteiger partial charge in [-0.2, -0.15) is 26.3 Å². The molecule has 0 aromatic heterocycles. The molecule has 0 heterocycles. The van der Waals surface area contributed by atoms with Crippen LogP contribution in [0.15, 0.2) is 42.5 Å². The number of alkyl halides is 6. The third-order valence-corrected chi connectivity index (χ3v) is 3.18. The monoisotopic (exact) mass is 319 g/mol. The Bertz CT molecular complexity index is 672. The summed E-state index contributed by atoms with van der Waals surface area (Å²) in [4.78, 5) is 0. The molecule has 7 heteroatoms. The van der Waals surface area contributed by atoms with Gasteiger partial charge in [-0.25, -0.2) is 0 Å². The van der Waals surface area contributed by atoms with Crippen molar-refractivity contribution in [1.29, 1.82) is 0 Å². The molecule has 0 saturated carbocycles. The van der Waals surface area contributed by atoms with Crippen LogP contribution in [-0.2, 0) is 18.9 Å². The minimum Gasteiger partial charge on any atom is -0.326 e. The van der Waals surface area contributed by atoms with Crippen molar-refractivity contribution >= 4 is 0 Å². The predicted molar refractivity (Wildman–Crippen MR) is 69.8 cm³/mol. The molecule has 0 unspecified atom stereocenters. The van der Waals surface area contributed by atoms with E-state index in [2.05, 4.69) is 0 Å². The second kappa shape index (κ2) is 5.64. The quantitative estimate of drug-likeness (QED) is 0.787. The van der Waals surface area contributed by atoms with Crippen molar-refractivity contribution in [2.24, 2.45) is 5.73 Å². The number of hydrogen-bond donors (Lipinski definition) is 1. The molecule has 0 saturated heterocycles. The molecule has 0 bridgehead atoms. The average molecular weight is 319 g/mol. The first-order valence-corrected chi connectivity index (χ1v) is 6.21. The summed E-state index contributed by atoms with van der Waals surface area (Å²) in [6.45, 7) is -0.300. The topological polar surface area (TPSA) is 26.0 Å². The summed E-state index contributed by atoms with van der Waals surface area (Å²) < 4.78 is 77.1. The summed E-state index contributed by atoms with van der Waals surface area (Å²) in [5.74, 6) is 0. The van der Waals surface area contributed by atoms with Gasteiger partial charge in [0.05, 0.1) is 11.1 Å². The van der Waals surface area contributed by atoms with Gasteiger partial charge < -0.3 is 5.73 Å². The lowest BCUT2D eigenvalue weighted by molar-refractivity contribution is -0.138. The molecule has 118 valence electrons. The minimum absolute atomic E-state index is 0.00604. The molecule has 2 aromatic carbocycles. The molecule has 0 aliphatic rings.